The Hall–Kier alpha value is -2.14. The maximum absolute atomic E-state index is 12.1. The average molecular weight is 392 g/mol. The Morgan fingerprint density at radius 3 is 2.67 bits per heavy atom. The second-order valence-corrected chi connectivity index (χ2v) is 6.08. The van der Waals surface area contributed by atoms with Crippen LogP contribution in [0.25, 0.3) is 0 Å². The SMILES string of the molecule is Cc1cc(NC=CC(=O)c2ccc(OCCCF)cc2)ccc1Br. The highest BCUT2D eigenvalue weighted by Gasteiger charge is 2.02. The fourth-order valence-electron chi connectivity index (χ4n) is 2.00. The number of aryl methyl sites for hydroxylation is 1. The fourth-order valence-corrected chi connectivity index (χ4v) is 2.25. The van der Waals surface area contributed by atoms with Gasteiger partial charge in [-0.25, -0.2) is 0 Å². The van der Waals surface area contributed by atoms with Gasteiger partial charge < -0.3 is 10.1 Å². The van der Waals surface area contributed by atoms with E-state index in [0.717, 1.165) is 15.7 Å². The van der Waals surface area contributed by atoms with Crippen LogP contribution >= 0.6 is 15.9 Å². The number of ether oxygens (including phenoxy) is 1. The summed E-state index contributed by atoms with van der Waals surface area (Å²) in [5, 5.41) is 3.08. The number of hydrogen-bond acceptors (Lipinski definition) is 3. The third-order valence-electron chi connectivity index (χ3n) is 3.33. The number of carbonyl (C=O) groups excluding carboxylic acids is 1. The molecule has 24 heavy (non-hydrogen) atoms. The standard InChI is InChI=1S/C19H19BrFNO2/c1-14-13-16(5-8-18(14)20)22-11-9-19(23)15-3-6-17(7-4-15)24-12-2-10-21/h3-9,11,13,22H,2,10,12H2,1H3. The van der Waals surface area contributed by atoms with Crippen molar-refractivity contribution in [2.45, 2.75) is 13.3 Å². The van der Waals surface area contributed by atoms with E-state index < -0.39 is 6.67 Å². The van der Waals surface area contributed by atoms with Crippen LogP contribution in [0, 0.1) is 6.92 Å². The zero-order chi connectivity index (χ0) is 17.4. The number of rotatable bonds is 8. The molecule has 0 heterocycles. The molecule has 0 fully saturated rings. The Morgan fingerprint density at radius 1 is 1.25 bits per heavy atom. The molecule has 2 rings (SSSR count). The summed E-state index contributed by atoms with van der Waals surface area (Å²) in [6, 6.07) is 12.7. The van der Waals surface area contributed by atoms with E-state index >= 15 is 0 Å². The molecule has 2 aromatic rings. The van der Waals surface area contributed by atoms with Crippen molar-refractivity contribution < 1.29 is 13.9 Å². The summed E-state index contributed by atoms with van der Waals surface area (Å²) < 4.78 is 18.4. The average Bonchev–Trinajstić information content (AvgIpc) is 2.59. The maximum Gasteiger partial charge on any atom is 0.187 e. The lowest BCUT2D eigenvalue weighted by Gasteiger charge is -2.05. The lowest BCUT2D eigenvalue weighted by molar-refractivity contribution is 0.104. The van der Waals surface area contributed by atoms with Crippen LogP contribution in [0.4, 0.5) is 10.1 Å². The minimum Gasteiger partial charge on any atom is -0.493 e. The maximum atomic E-state index is 12.1. The molecule has 3 nitrogen and oxygen atoms in total. The minimum absolute atomic E-state index is 0.105. The third-order valence-corrected chi connectivity index (χ3v) is 4.22. The van der Waals surface area contributed by atoms with Gasteiger partial charge in [-0.3, -0.25) is 9.18 Å². The second-order valence-electron chi connectivity index (χ2n) is 5.22. The third kappa shape index (κ3) is 5.49. The van der Waals surface area contributed by atoms with Crippen molar-refractivity contribution in [2.75, 3.05) is 18.6 Å². The highest BCUT2D eigenvalue weighted by atomic mass is 79.9. The van der Waals surface area contributed by atoms with E-state index in [0.29, 0.717) is 24.3 Å². The molecular weight excluding hydrogens is 373 g/mol. The van der Waals surface area contributed by atoms with E-state index in [1.54, 1.807) is 30.5 Å². The molecule has 0 unspecified atom stereocenters. The van der Waals surface area contributed by atoms with Crippen LogP contribution in [-0.4, -0.2) is 19.1 Å². The van der Waals surface area contributed by atoms with Crippen molar-refractivity contribution in [1.29, 1.82) is 0 Å². The number of benzene rings is 2. The summed E-state index contributed by atoms with van der Waals surface area (Å²) in [6.45, 7) is 1.94. The van der Waals surface area contributed by atoms with Gasteiger partial charge in [0.2, 0.25) is 0 Å². The zero-order valence-electron chi connectivity index (χ0n) is 13.4. The molecule has 0 radical (unpaired) electrons. The van der Waals surface area contributed by atoms with Gasteiger partial charge in [0.15, 0.2) is 5.78 Å². The molecule has 0 saturated carbocycles. The first-order valence-corrected chi connectivity index (χ1v) is 8.42. The largest absolute Gasteiger partial charge is 0.493 e. The van der Waals surface area contributed by atoms with E-state index in [1.165, 1.54) is 6.08 Å². The first-order valence-electron chi connectivity index (χ1n) is 7.62. The van der Waals surface area contributed by atoms with Crippen molar-refractivity contribution in [1.82, 2.24) is 0 Å². The lowest BCUT2D eigenvalue weighted by Crippen LogP contribution is -1.99. The zero-order valence-corrected chi connectivity index (χ0v) is 15.0. The number of alkyl halides is 1. The molecule has 2 aromatic carbocycles. The van der Waals surface area contributed by atoms with Crippen LogP contribution < -0.4 is 10.1 Å². The number of hydrogen-bond donors (Lipinski definition) is 1. The topological polar surface area (TPSA) is 38.3 Å². The monoisotopic (exact) mass is 391 g/mol. The molecule has 0 amide bonds. The lowest BCUT2D eigenvalue weighted by atomic mass is 10.1. The predicted octanol–water partition coefficient (Wildman–Crippen LogP) is 5.30. The molecule has 5 heteroatoms. The van der Waals surface area contributed by atoms with Crippen LogP contribution in [0.5, 0.6) is 5.75 Å². The van der Waals surface area contributed by atoms with Crippen molar-refractivity contribution in [3.05, 3.63) is 70.3 Å². The molecule has 0 aliphatic carbocycles. The smallest absolute Gasteiger partial charge is 0.187 e. The van der Waals surface area contributed by atoms with E-state index in [4.69, 9.17) is 4.74 Å². The molecule has 1 N–H and O–H groups in total. The van der Waals surface area contributed by atoms with Gasteiger partial charge in [-0.05, 0) is 55.0 Å². The fraction of sp³-hybridized carbons (Fsp3) is 0.211. The van der Waals surface area contributed by atoms with Crippen molar-refractivity contribution in [3.63, 3.8) is 0 Å². The first kappa shape index (κ1) is 18.2. The number of halogens is 2. The highest BCUT2D eigenvalue weighted by molar-refractivity contribution is 9.10. The second kappa shape index (κ2) is 9.23. The molecule has 0 bridgehead atoms. The van der Waals surface area contributed by atoms with Gasteiger partial charge in [0.05, 0.1) is 13.3 Å². The molecule has 0 aromatic heterocycles. The Labute approximate surface area is 149 Å². The van der Waals surface area contributed by atoms with E-state index in [1.807, 2.05) is 25.1 Å². The summed E-state index contributed by atoms with van der Waals surface area (Å²) in [5.41, 5.74) is 2.59. The highest BCUT2D eigenvalue weighted by Crippen LogP contribution is 2.20. The minimum atomic E-state index is -0.397. The number of nitrogens with one attached hydrogen (secondary N) is 1. The number of anilines is 1. The van der Waals surface area contributed by atoms with Gasteiger partial charge in [-0.2, -0.15) is 0 Å². The van der Waals surface area contributed by atoms with Crippen LogP contribution in [0.2, 0.25) is 0 Å². The normalized spacial score (nSPS) is 10.8. The molecule has 0 atom stereocenters. The summed E-state index contributed by atoms with van der Waals surface area (Å²) in [6.07, 6.45) is 3.47. The molecular formula is C19H19BrFNO2. The van der Waals surface area contributed by atoms with Gasteiger partial charge >= 0.3 is 0 Å². The van der Waals surface area contributed by atoms with Crippen molar-refractivity contribution >= 4 is 27.4 Å². The van der Waals surface area contributed by atoms with Crippen LogP contribution in [0.15, 0.2) is 59.2 Å². The van der Waals surface area contributed by atoms with Gasteiger partial charge in [-0.15, -0.1) is 0 Å². The molecule has 0 spiro atoms. The van der Waals surface area contributed by atoms with Gasteiger partial charge in [0.1, 0.15) is 5.75 Å². The van der Waals surface area contributed by atoms with Crippen molar-refractivity contribution in [3.8, 4) is 5.75 Å². The summed E-state index contributed by atoms with van der Waals surface area (Å²) in [5.74, 6) is 0.527. The van der Waals surface area contributed by atoms with Gasteiger partial charge in [0.25, 0.3) is 0 Å². The Morgan fingerprint density at radius 2 is 2.00 bits per heavy atom. The predicted molar refractivity (Wildman–Crippen MR) is 98.5 cm³/mol. The Balaban J connectivity index is 1.90. The van der Waals surface area contributed by atoms with Crippen LogP contribution in [0.3, 0.4) is 0 Å². The Bertz CT molecular complexity index is 714. The number of ketones is 1. The van der Waals surface area contributed by atoms with Crippen LogP contribution in [-0.2, 0) is 0 Å². The van der Waals surface area contributed by atoms with E-state index in [-0.39, 0.29) is 5.78 Å². The van der Waals surface area contributed by atoms with Crippen molar-refractivity contribution in [2.24, 2.45) is 0 Å². The molecule has 0 aliphatic heterocycles. The summed E-state index contributed by atoms with van der Waals surface area (Å²) >= 11 is 3.45. The van der Waals surface area contributed by atoms with E-state index in [9.17, 15) is 9.18 Å². The molecule has 126 valence electrons. The van der Waals surface area contributed by atoms with Gasteiger partial charge in [-0.1, -0.05) is 15.9 Å². The quantitative estimate of drug-likeness (QED) is 0.376. The first-order chi connectivity index (χ1) is 11.6. The van der Waals surface area contributed by atoms with E-state index in [2.05, 4.69) is 21.2 Å². The number of carbonyl (C=O) groups is 1. The summed E-state index contributed by atoms with van der Waals surface area (Å²) in [4.78, 5) is 12.1. The number of allylic oxidation sites excluding steroid dienone is 1. The Kier molecular flexibility index (Phi) is 7.00. The summed E-state index contributed by atoms with van der Waals surface area (Å²) in [7, 11) is 0. The van der Waals surface area contributed by atoms with Crippen LogP contribution in [0.1, 0.15) is 22.3 Å². The molecule has 0 aliphatic rings. The van der Waals surface area contributed by atoms with Gasteiger partial charge in [0, 0.05) is 34.4 Å². The molecule has 0 saturated heterocycles.